The van der Waals surface area contributed by atoms with Crippen LogP contribution in [0.2, 0.25) is 0 Å². The largest absolute Gasteiger partial charge is 0.492 e. The van der Waals surface area contributed by atoms with Crippen molar-refractivity contribution < 1.29 is 19.1 Å². The maximum Gasteiger partial charge on any atom is 0.331 e. The number of rotatable bonds is 8. The third-order valence-electron chi connectivity index (χ3n) is 3.95. The molecule has 1 heterocycles. The average molecular weight is 407 g/mol. The van der Waals surface area contributed by atoms with Crippen LogP contribution in [0.3, 0.4) is 0 Å². The van der Waals surface area contributed by atoms with Gasteiger partial charge in [0, 0.05) is 16.5 Å². The molecule has 5 nitrogen and oxygen atoms in total. The predicted octanol–water partition coefficient (Wildman–Crippen LogP) is 5.08. The SMILES string of the molecule is CCOc1ccccc1NC(=O)[C@@H](OC(=O)/C=C/c1cccs1)c1ccccc1. The van der Waals surface area contributed by atoms with Gasteiger partial charge in [0.05, 0.1) is 12.3 Å². The summed E-state index contributed by atoms with van der Waals surface area (Å²) >= 11 is 1.51. The Morgan fingerprint density at radius 1 is 1.03 bits per heavy atom. The normalized spacial score (nSPS) is 11.8. The quantitative estimate of drug-likeness (QED) is 0.418. The molecule has 0 spiro atoms. The third kappa shape index (κ3) is 5.80. The molecule has 29 heavy (non-hydrogen) atoms. The molecule has 0 saturated heterocycles. The van der Waals surface area contributed by atoms with Gasteiger partial charge in [-0.1, -0.05) is 48.5 Å². The second kappa shape index (κ2) is 10.2. The molecule has 0 radical (unpaired) electrons. The second-order valence-electron chi connectivity index (χ2n) is 5.99. The van der Waals surface area contributed by atoms with Gasteiger partial charge >= 0.3 is 5.97 Å². The molecule has 1 aromatic heterocycles. The minimum absolute atomic E-state index is 0.457. The topological polar surface area (TPSA) is 64.6 Å². The number of benzene rings is 2. The standard InChI is InChI=1S/C23H21NO4S/c1-2-27-20-13-7-6-12-19(20)24-23(26)22(17-9-4-3-5-10-17)28-21(25)15-14-18-11-8-16-29-18/h3-16,22H,2H2,1H3,(H,24,26)/b15-14+/t22-/m0/s1. The lowest BCUT2D eigenvalue weighted by Gasteiger charge is -2.18. The van der Waals surface area contributed by atoms with E-state index in [-0.39, 0.29) is 0 Å². The van der Waals surface area contributed by atoms with E-state index < -0.39 is 18.0 Å². The van der Waals surface area contributed by atoms with E-state index in [1.807, 2.05) is 36.6 Å². The van der Waals surface area contributed by atoms with Crippen molar-refractivity contribution in [3.05, 3.63) is 88.6 Å². The van der Waals surface area contributed by atoms with Crippen LogP contribution >= 0.6 is 11.3 Å². The second-order valence-corrected chi connectivity index (χ2v) is 6.97. The van der Waals surface area contributed by atoms with Gasteiger partial charge in [-0.3, -0.25) is 4.79 Å². The minimum atomic E-state index is -1.09. The average Bonchev–Trinajstić information content (AvgIpc) is 3.26. The van der Waals surface area contributed by atoms with Gasteiger partial charge in [0.2, 0.25) is 6.10 Å². The fourth-order valence-corrected chi connectivity index (χ4v) is 3.26. The number of ether oxygens (including phenoxy) is 2. The molecule has 0 bridgehead atoms. The smallest absolute Gasteiger partial charge is 0.331 e. The Hall–Kier alpha value is -3.38. The van der Waals surface area contributed by atoms with E-state index in [9.17, 15) is 9.59 Å². The van der Waals surface area contributed by atoms with Gasteiger partial charge in [-0.2, -0.15) is 0 Å². The van der Waals surface area contributed by atoms with Gasteiger partial charge in [0.15, 0.2) is 0 Å². The number of carbonyl (C=O) groups excluding carboxylic acids is 2. The van der Waals surface area contributed by atoms with Crippen molar-refractivity contribution in [3.8, 4) is 5.75 Å². The van der Waals surface area contributed by atoms with Crippen molar-refractivity contribution in [2.24, 2.45) is 0 Å². The van der Waals surface area contributed by atoms with E-state index in [0.29, 0.717) is 23.6 Å². The van der Waals surface area contributed by atoms with Crippen LogP contribution in [-0.4, -0.2) is 18.5 Å². The van der Waals surface area contributed by atoms with Crippen molar-refractivity contribution in [1.82, 2.24) is 0 Å². The first-order chi connectivity index (χ1) is 14.2. The molecule has 6 heteroatoms. The summed E-state index contributed by atoms with van der Waals surface area (Å²) in [4.78, 5) is 26.2. The zero-order chi connectivity index (χ0) is 20.5. The summed E-state index contributed by atoms with van der Waals surface area (Å²) in [6.07, 6.45) is 1.90. The minimum Gasteiger partial charge on any atom is -0.492 e. The fourth-order valence-electron chi connectivity index (χ4n) is 2.64. The van der Waals surface area contributed by atoms with Crippen molar-refractivity contribution >= 4 is 35.0 Å². The van der Waals surface area contributed by atoms with Crippen LogP contribution in [0.25, 0.3) is 6.08 Å². The molecule has 0 aliphatic carbocycles. The molecular formula is C23H21NO4S. The molecule has 0 fully saturated rings. The number of para-hydroxylation sites is 2. The molecule has 3 rings (SSSR count). The molecule has 1 atom stereocenters. The van der Waals surface area contributed by atoms with Crippen molar-refractivity contribution in [3.63, 3.8) is 0 Å². The van der Waals surface area contributed by atoms with Crippen LogP contribution in [0.1, 0.15) is 23.5 Å². The van der Waals surface area contributed by atoms with Crippen LogP contribution in [0, 0.1) is 0 Å². The lowest BCUT2D eigenvalue weighted by molar-refractivity contribution is -0.149. The number of thiophene rings is 1. The molecule has 0 unspecified atom stereocenters. The lowest BCUT2D eigenvalue weighted by atomic mass is 10.1. The fraction of sp³-hybridized carbons (Fsp3) is 0.130. The van der Waals surface area contributed by atoms with E-state index in [0.717, 1.165) is 4.88 Å². The Morgan fingerprint density at radius 3 is 2.52 bits per heavy atom. The number of esters is 1. The Kier molecular flexibility index (Phi) is 7.19. The summed E-state index contributed by atoms with van der Waals surface area (Å²) in [5.74, 6) is -0.499. The first kappa shape index (κ1) is 20.4. The maximum atomic E-state index is 13.0. The summed E-state index contributed by atoms with van der Waals surface area (Å²) in [5, 5.41) is 4.72. The molecule has 148 valence electrons. The monoisotopic (exact) mass is 407 g/mol. The zero-order valence-corrected chi connectivity index (χ0v) is 16.7. The first-order valence-corrected chi connectivity index (χ1v) is 10.0. The molecule has 2 aromatic carbocycles. The number of carbonyl (C=O) groups is 2. The summed E-state index contributed by atoms with van der Waals surface area (Å²) < 4.78 is 11.0. The Balaban J connectivity index is 1.78. The number of hydrogen-bond donors (Lipinski definition) is 1. The number of anilines is 1. The van der Waals surface area contributed by atoms with E-state index in [4.69, 9.17) is 9.47 Å². The summed E-state index contributed by atoms with van der Waals surface area (Å²) in [7, 11) is 0. The Bertz CT molecular complexity index is 968. The first-order valence-electron chi connectivity index (χ1n) is 9.17. The van der Waals surface area contributed by atoms with Crippen molar-refractivity contribution in [2.75, 3.05) is 11.9 Å². The molecule has 0 aliphatic rings. The van der Waals surface area contributed by atoms with Crippen LogP contribution in [0.5, 0.6) is 5.75 Å². The summed E-state index contributed by atoms with van der Waals surface area (Å²) in [6.45, 7) is 2.34. The van der Waals surface area contributed by atoms with Crippen molar-refractivity contribution in [1.29, 1.82) is 0 Å². The lowest BCUT2D eigenvalue weighted by Crippen LogP contribution is -2.25. The van der Waals surface area contributed by atoms with Crippen molar-refractivity contribution in [2.45, 2.75) is 13.0 Å². The Labute approximate surface area is 173 Å². The molecule has 1 N–H and O–H groups in total. The summed E-state index contributed by atoms with van der Waals surface area (Å²) in [6, 6.07) is 19.8. The third-order valence-corrected chi connectivity index (χ3v) is 4.78. The highest BCUT2D eigenvalue weighted by Gasteiger charge is 2.25. The maximum absolute atomic E-state index is 13.0. The van der Waals surface area contributed by atoms with E-state index in [1.54, 1.807) is 48.5 Å². The van der Waals surface area contributed by atoms with Crippen LogP contribution < -0.4 is 10.1 Å². The number of nitrogens with one attached hydrogen (secondary N) is 1. The molecule has 3 aromatic rings. The molecule has 1 amide bonds. The van der Waals surface area contributed by atoms with Crippen LogP contribution in [0.4, 0.5) is 5.69 Å². The number of hydrogen-bond acceptors (Lipinski definition) is 5. The highest BCUT2D eigenvalue weighted by Crippen LogP contribution is 2.27. The predicted molar refractivity (Wildman–Crippen MR) is 115 cm³/mol. The molecule has 0 aliphatic heterocycles. The molecule has 0 saturated carbocycles. The van der Waals surface area contributed by atoms with E-state index in [2.05, 4.69) is 5.32 Å². The van der Waals surface area contributed by atoms with Gasteiger partial charge in [-0.25, -0.2) is 4.79 Å². The Morgan fingerprint density at radius 2 is 1.79 bits per heavy atom. The van der Waals surface area contributed by atoms with E-state index >= 15 is 0 Å². The van der Waals surface area contributed by atoms with Gasteiger partial charge in [-0.05, 0) is 36.6 Å². The van der Waals surface area contributed by atoms with Gasteiger partial charge in [0.25, 0.3) is 5.91 Å². The number of amides is 1. The molecular weight excluding hydrogens is 386 g/mol. The summed E-state index contributed by atoms with van der Waals surface area (Å²) in [5.41, 5.74) is 1.10. The van der Waals surface area contributed by atoms with Crippen LogP contribution in [0.15, 0.2) is 78.2 Å². The zero-order valence-electron chi connectivity index (χ0n) is 15.9. The highest BCUT2D eigenvalue weighted by molar-refractivity contribution is 7.10. The van der Waals surface area contributed by atoms with Gasteiger partial charge < -0.3 is 14.8 Å². The van der Waals surface area contributed by atoms with Crippen LogP contribution in [-0.2, 0) is 14.3 Å². The van der Waals surface area contributed by atoms with Gasteiger partial charge in [0.1, 0.15) is 5.75 Å². The highest BCUT2D eigenvalue weighted by atomic mass is 32.1. The van der Waals surface area contributed by atoms with E-state index in [1.165, 1.54) is 17.4 Å². The van der Waals surface area contributed by atoms with Gasteiger partial charge in [-0.15, -0.1) is 11.3 Å².